The summed E-state index contributed by atoms with van der Waals surface area (Å²) in [6.45, 7) is 1.32. The Balaban J connectivity index is 1.75. The van der Waals surface area contributed by atoms with Gasteiger partial charge >= 0.3 is 0 Å². The SMILES string of the molecule is COCc1ccc(OC)c(CNC(Cc2ccsc2)c2nccs2)c1. The Hall–Kier alpha value is -1.73. The average Bonchev–Trinajstić information content (AvgIpc) is 3.32. The molecule has 0 saturated heterocycles. The predicted molar refractivity (Wildman–Crippen MR) is 103 cm³/mol. The van der Waals surface area contributed by atoms with Gasteiger partial charge in [0, 0.05) is 30.8 Å². The van der Waals surface area contributed by atoms with Crippen LogP contribution >= 0.6 is 22.7 Å². The maximum absolute atomic E-state index is 5.52. The monoisotopic (exact) mass is 374 g/mol. The number of thiophene rings is 1. The van der Waals surface area contributed by atoms with Crippen molar-refractivity contribution in [3.63, 3.8) is 0 Å². The van der Waals surface area contributed by atoms with Crippen molar-refractivity contribution in [2.45, 2.75) is 25.6 Å². The Morgan fingerprint density at radius 1 is 1.16 bits per heavy atom. The quantitative estimate of drug-likeness (QED) is 0.602. The molecule has 0 aliphatic carbocycles. The van der Waals surface area contributed by atoms with Crippen molar-refractivity contribution >= 4 is 22.7 Å². The number of thiazole rings is 1. The highest BCUT2D eigenvalue weighted by molar-refractivity contribution is 7.09. The molecule has 0 spiro atoms. The molecular formula is C19H22N2O2S2. The van der Waals surface area contributed by atoms with E-state index in [9.17, 15) is 0 Å². The summed E-state index contributed by atoms with van der Waals surface area (Å²) in [7, 11) is 3.42. The van der Waals surface area contributed by atoms with Crippen molar-refractivity contribution in [2.24, 2.45) is 0 Å². The second-order valence-corrected chi connectivity index (χ2v) is 7.42. The molecule has 1 unspecified atom stereocenters. The second kappa shape index (κ2) is 9.10. The zero-order valence-corrected chi connectivity index (χ0v) is 16.0. The van der Waals surface area contributed by atoms with E-state index < -0.39 is 0 Å². The molecule has 6 heteroatoms. The van der Waals surface area contributed by atoms with Gasteiger partial charge in [0.25, 0.3) is 0 Å². The molecule has 0 amide bonds. The fourth-order valence-corrected chi connectivity index (χ4v) is 4.15. The van der Waals surface area contributed by atoms with E-state index in [0.29, 0.717) is 6.61 Å². The fourth-order valence-electron chi connectivity index (χ4n) is 2.76. The molecule has 0 bridgehead atoms. The summed E-state index contributed by atoms with van der Waals surface area (Å²) in [4.78, 5) is 4.51. The number of hydrogen-bond acceptors (Lipinski definition) is 6. The lowest BCUT2D eigenvalue weighted by atomic mass is 10.1. The Morgan fingerprint density at radius 2 is 2.08 bits per heavy atom. The molecule has 132 valence electrons. The number of nitrogens with zero attached hydrogens (tertiary/aromatic N) is 1. The van der Waals surface area contributed by atoms with Crippen LogP contribution in [-0.4, -0.2) is 19.2 Å². The van der Waals surface area contributed by atoms with E-state index in [0.717, 1.165) is 34.8 Å². The molecule has 3 rings (SSSR count). The van der Waals surface area contributed by atoms with Gasteiger partial charge in [-0.2, -0.15) is 11.3 Å². The molecule has 4 nitrogen and oxygen atoms in total. The summed E-state index contributed by atoms with van der Waals surface area (Å²) in [6, 6.07) is 8.54. The van der Waals surface area contributed by atoms with Gasteiger partial charge in [-0.15, -0.1) is 11.3 Å². The number of aromatic nitrogens is 1. The molecule has 0 aliphatic rings. The summed E-state index contributed by atoms with van der Waals surface area (Å²) in [6.07, 6.45) is 2.79. The zero-order chi connectivity index (χ0) is 17.5. The average molecular weight is 375 g/mol. The van der Waals surface area contributed by atoms with Crippen LogP contribution in [0, 0.1) is 0 Å². The molecule has 2 aromatic heterocycles. The minimum Gasteiger partial charge on any atom is -0.496 e. The van der Waals surface area contributed by atoms with Gasteiger partial charge in [-0.05, 0) is 46.5 Å². The van der Waals surface area contributed by atoms with Gasteiger partial charge in [0.2, 0.25) is 0 Å². The highest BCUT2D eigenvalue weighted by Crippen LogP contribution is 2.25. The van der Waals surface area contributed by atoms with E-state index in [1.54, 1.807) is 36.9 Å². The van der Waals surface area contributed by atoms with Crippen LogP contribution in [0.3, 0.4) is 0 Å². The first-order valence-corrected chi connectivity index (χ1v) is 9.91. The molecular weight excluding hydrogens is 352 g/mol. The van der Waals surface area contributed by atoms with E-state index in [1.165, 1.54) is 5.56 Å². The first-order chi connectivity index (χ1) is 12.3. The number of methoxy groups -OCH3 is 2. The summed E-state index contributed by atoms with van der Waals surface area (Å²) in [5.74, 6) is 0.890. The third-order valence-electron chi connectivity index (χ3n) is 3.96. The first-order valence-electron chi connectivity index (χ1n) is 8.08. The molecule has 1 aromatic carbocycles. The Morgan fingerprint density at radius 3 is 2.76 bits per heavy atom. The highest BCUT2D eigenvalue weighted by Gasteiger charge is 2.16. The summed E-state index contributed by atoms with van der Waals surface area (Å²) < 4.78 is 10.8. The van der Waals surface area contributed by atoms with Crippen LogP contribution < -0.4 is 10.1 Å². The molecule has 0 radical (unpaired) electrons. The molecule has 0 saturated carbocycles. The maximum atomic E-state index is 5.52. The van der Waals surface area contributed by atoms with E-state index in [2.05, 4.69) is 33.2 Å². The third-order valence-corrected chi connectivity index (χ3v) is 5.59. The van der Waals surface area contributed by atoms with Crippen LogP contribution in [0.25, 0.3) is 0 Å². The molecule has 25 heavy (non-hydrogen) atoms. The molecule has 0 fully saturated rings. The van der Waals surface area contributed by atoms with Crippen molar-refractivity contribution in [1.82, 2.24) is 10.3 Å². The lowest BCUT2D eigenvalue weighted by molar-refractivity contribution is 0.184. The number of rotatable bonds is 9. The summed E-state index contributed by atoms with van der Waals surface area (Å²) in [5, 5.41) is 11.1. The maximum Gasteiger partial charge on any atom is 0.123 e. The number of ether oxygens (including phenoxy) is 2. The number of benzene rings is 1. The van der Waals surface area contributed by atoms with Crippen molar-refractivity contribution in [3.8, 4) is 5.75 Å². The zero-order valence-electron chi connectivity index (χ0n) is 14.4. The van der Waals surface area contributed by atoms with Crippen LogP contribution in [-0.2, 0) is 24.3 Å². The minimum absolute atomic E-state index is 0.186. The van der Waals surface area contributed by atoms with Crippen molar-refractivity contribution in [2.75, 3.05) is 14.2 Å². The van der Waals surface area contributed by atoms with Gasteiger partial charge in [-0.3, -0.25) is 0 Å². The van der Waals surface area contributed by atoms with Crippen LogP contribution in [0.15, 0.2) is 46.6 Å². The summed E-state index contributed by atoms with van der Waals surface area (Å²) in [5.41, 5.74) is 3.60. The van der Waals surface area contributed by atoms with Crippen LogP contribution in [0.5, 0.6) is 5.75 Å². The normalized spacial score (nSPS) is 12.2. The molecule has 1 atom stereocenters. The predicted octanol–water partition coefficient (Wildman–Crippen LogP) is 4.43. The van der Waals surface area contributed by atoms with Gasteiger partial charge < -0.3 is 14.8 Å². The van der Waals surface area contributed by atoms with Crippen LogP contribution in [0.2, 0.25) is 0 Å². The Kier molecular flexibility index (Phi) is 6.58. The Labute approximate surface area is 156 Å². The molecule has 3 aromatic rings. The largest absolute Gasteiger partial charge is 0.496 e. The van der Waals surface area contributed by atoms with Crippen molar-refractivity contribution in [3.05, 3.63) is 68.3 Å². The number of nitrogens with one attached hydrogen (secondary N) is 1. The fraction of sp³-hybridized carbons (Fsp3) is 0.316. The summed E-state index contributed by atoms with van der Waals surface area (Å²) >= 11 is 3.42. The lowest BCUT2D eigenvalue weighted by Gasteiger charge is -2.18. The van der Waals surface area contributed by atoms with E-state index in [-0.39, 0.29) is 6.04 Å². The third kappa shape index (κ3) is 4.89. The number of hydrogen-bond donors (Lipinski definition) is 1. The topological polar surface area (TPSA) is 43.4 Å². The van der Waals surface area contributed by atoms with Gasteiger partial charge in [0.1, 0.15) is 10.8 Å². The van der Waals surface area contributed by atoms with E-state index >= 15 is 0 Å². The van der Waals surface area contributed by atoms with Gasteiger partial charge in [0.15, 0.2) is 0 Å². The van der Waals surface area contributed by atoms with Crippen molar-refractivity contribution < 1.29 is 9.47 Å². The molecule has 0 aliphatic heterocycles. The second-order valence-electron chi connectivity index (χ2n) is 5.72. The standard InChI is InChI=1S/C19H22N2O2S2/c1-22-12-14-3-4-18(23-2)16(9-14)11-21-17(19-20-6-8-25-19)10-15-5-7-24-13-15/h3-9,13,17,21H,10-12H2,1-2H3. The molecule has 2 heterocycles. The first kappa shape index (κ1) is 18.1. The van der Waals surface area contributed by atoms with Gasteiger partial charge in [0.05, 0.1) is 19.8 Å². The smallest absolute Gasteiger partial charge is 0.123 e. The van der Waals surface area contributed by atoms with E-state index in [4.69, 9.17) is 9.47 Å². The highest BCUT2D eigenvalue weighted by atomic mass is 32.1. The lowest BCUT2D eigenvalue weighted by Crippen LogP contribution is -2.23. The van der Waals surface area contributed by atoms with Gasteiger partial charge in [-0.1, -0.05) is 6.07 Å². The van der Waals surface area contributed by atoms with Crippen LogP contribution in [0.1, 0.15) is 27.7 Å². The van der Waals surface area contributed by atoms with Gasteiger partial charge in [-0.25, -0.2) is 4.98 Å². The van der Waals surface area contributed by atoms with Crippen LogP contribution in [0.4, 0.5) is 0 Å². The minimum atomic E-state index is 0.186. The van der Waals surface area contributed by atoms with E-state index in [1.807, 2.05) is 23.7 Å². The van der Waals surface area contributed by atoms with Crippen molar-refractivity contribution in [1.29, 1.82) is 0 Å². The molecule has 1 N–H and O–H groups in total. The Bertz CT molecular complexity index is 758.